The van der Waals surface area contributed by atoms with Gasteiger partial charge in [0.2, 0.25) is 5.75 Å². The molecule has 0 unspecified atom stereocenters. The molecule has 0 heterocycles. The van der Waals surface area contributed by atoms with Crippen molar-refractivity contribution in [1.82, 2.24) is 5.32 Å². The molecule has 0 saturated carbocycles. The fourth-order valence-electron chi connectivity index (χ4n) is 1.57. The van der Waals surface area contributed by atoms with E-state index >= 15 is 0 Å². The summed E-state index contributed by atoms with van der Waals surface area (Å²) in [5.74, 6) is 2.17. The Morgan fingerprint density at radius 3 is 2.26 bits per heavy atom. The summed E-state index contributed by atoms with van der Waals surface area (Å²) in [7, 11) is 6.35. The van der Waals surface area contributed by atoms with Crippen molar-refractivity contribution in [2.45, 2.75) is 6.54 Å². The maximum absolute atomic E-state index is 5.58. The number of halogens is 1. The van der Waals surface area contributed by atoms with Crippen LogP contribution in [0.4, 0.5) is 0 Å². The van der Waals surface area contributed by atoms with Crippen LogP contribution in [0.15, 0.2) is 17.1 Å². The Bertz CT molecular complexity index is 438. The standard InChI is InChI=1S/C12H19N3O3.HI/c1-14-12(13)15-7-8-5-6-9(16-2)11(18-4)10(8)17-3;/h5-6H,7H2,1-4H3,(H3,13,14,15);1H. The van der Waals surface area contributed by atoms with Crippen LogP contribution >= 0.6 is 24.0 Å². The third-order valence-electron chi connectivity index (χ3n) is 2.49. The van der Waals surface area contributed by atoms with E-state index in [1.165, 1.54) is 0 Å². The van der Waals surface area contributed by atoms with Gasteiger partial charge in [-0.2, -0.15) is 0 Å². The minimum atomic E-state index is 0. The molecule has 19 heavy (non-hydrogen) atoms. The number of methoxy groups -OCH3 is 3. The second-order valence-corrected chi connectivity index (χ2v) is 3.46. The van der Waals surface area contributed by atoms with Gasteiger partial charge in [0.15, 0.2) is 17.5 Å². The summed E-state index contributed by atoms with van der Waals surface area (Å²) in [4.78, 5) is 3.82. The predicted octanol–water partition coefficient (Wildman–Crippen LogP) is 1.36. The Morgan fingerprint density at radius 1 is 1.16 bits per heavy atom. The quantitative estimate of drug-likeness (QED) is 0.458. The first kappa shape index (κ1) is 17.6. The molecular weight excluding hydrogens is 361 g/mol. The first-order valence-electron chi connectivity index (χ1n) is 5.41. The number of nitrogens with two attached hydrogens (primary N) is 1. The highest BCUT2D eigenvalue weighted by Gasteiger charge is 2.15. The number of aliphatic imine (C=N–C) groups is 1. The van der Waals surface area contributed by atoms with Crippen LogP contribution in [0.2, 0.25) is 0 Å². The van der Waals surface area contributed by atoms with Crippen LogP contribution in [0.3, 0.4) is 0 Å². The van der Waals surface area contributed by atoms with Crippen LogP contribution < -0.4 is 25.3 Å². The molecule has 0 spiro atoms. The van der Waals surface area contributed by atoms with Crippen LogP contribution in [0, 0.1) is 0 Å². The summed E-state index contributed by atoms with van der Waals surface area (Å²) in [6.07, 6.45) is 0. The highest BCUT2D eigenvalue weighted by Crippen LogP contribution is 2.39. The number of hydrogen-bond acceptors (Lipinski definition) is 4. The molecule has 0 amide bonds. The molecule has 108 valence electrons. The van der Waals surface area contributed by atoms with E-state index < -0.39 is 0 Å². The smallest absolute Gasteiger partial charge is 0.203 e. The van der Waals surface area contributed by atoms with Crippen LogP contribution in [0.1, 0.15) is 5.56 Å². The SMILES string of the molecule is CN=C(N)NCc1ccc(OC)c(OC)c1OC.I. The predicted molar refractivity (Wildman–Crippen MR) is 85.9 cm³/mol. The number of rotatable bonds is 5. The lowest BCUT2D eigenvalue weighted by Crippen LogP contribution is -2.30. The Labute approximate surface area is 130 Å². The molecule has 0 saturated heterocycles. The van der Waals surface area contributed by atoms with Gasteiger partial charge in [0, 0.05) is 19.2 Å². The van der Waals surface area contributed by atoms with E-state index in [1.54, 1.807) is 28.4 Å². The summed E-state index contributed by atoms with van der Waals surface area (Å²) in [5, 5.41) is 2.96. The van der Waals surface area contributed by atoms with Crippen LogP contribution in [0.5, 0.6) is 17.2 Å². The van der Waals surface area contributed by atoms with Crippen molar-refractivity contribution in [3.63, 3.8) is 0 Å². The van der Waals surface area contributed by atoms with Crippen molar-refractivity contribution in [2.75, 3.05) is 28.4 Å². The number of ether oxygens (including phenoxy) is 3. The number of guanidine groups is 1. The molecule has 0 aromatic heterocycles. The summed E-state index contributed by atoms with van der Waals surface area (Å²) in [6, 6.07) is 3.70. The molecule has 0 bridgehead atoms. The van der Waals surface area contributed by atoms with Crippen molar-refractivity contribution in [3.05, 3.63) is 17.7 Å². The molecule has 0 aliphatic carbocycles. The van der Waals surface area contributed by atoms with Gasteiger partial charge in [-0.05, 0) is 12.1 Å². The molecule has 1 aromatic rings. The van der Waals surface area contributed by atoms with Crippen LogP contribution in [0.25, 0.3) is 0 Å². The molecule has 3 N–H and O–H groups in total. The first-order valence-corrected chi connectivity index (χ1v) is 5.41. The summed E-state index contributed by atoms with van der Waals surface area (Å²) in [6.45, 7) is 0.493. The Balaban J connectivity index is 0.00000324. The zero-order valence-electron chi connectivity index (χ0n) is 11.5. The summed E-state index contributed by atoms with van der Waals surface area (Å²) < 4.78 is 15.8. The Morgan fingerprint density at radius 2 is 1.79 bits per heavy atom. The molecule has 6 nitrogen and oxygen atoms in total. The van der Waals surface area contributed by atoms with Crippen molar-refractivity contribution in [2.24, 2.45) is 10.7 Å². The van der Waals surface area contributed by atoms with Crippen molar-refractivity contribution >= 4 is 29.9 Å². The summed E-state index contributed by atoms with van der Waals surface area (Å²) >= 11 is 0. The second kappa shape index (κ2) is 8.68. The molecule has 0 fully saturated rings. The van der Waals surface area contributed by atoms with E-state index in [1.807, 2.05) is 12.1 Å². The van der Waals surface area contributed by atoms with Crippen LogP contribution in [-0.4, -0.2) is 34.3 Å². The lowest BCUT2D eigenvalue weighted by atomic mass is 10.1. The third-order valence-corrected chi connectivity index (χ3v) is 2.49. The van der Waals surface area contributed by atoms with E-state index in [9.17, 15) is 0 Å². The molecule has 1 aromatic carbocycles. The number of nitrogens with zero attached hydrogens (tertiary/aromatic N) is 1. The van der Waals surface area contributed by atoms with Gasteiger partial charge in [-0.1, -0.05) is 0 Å². The van der Waals surface area contributed by atoms with Gasteiger partial charge in [0.1, 0.15) is 0 Å². The van der Waals surface area contributed by atoms with Gasteiger partial charge < -0.3 is 25.3 Å². The van der Waals surface area contributed by atoms with Crippen molar-refractivity contribution in [3.8, 4) is 17.2 Å². The minimum Gasteiger partial charge on any atom is -0.493 e. The van der Waals surface area contributed by atoms with Gasteiger partial charge in [-0.25, -0.2) is 0 Å². The monoisotopic (exact) mass is 381 g/mol. The molecule has 1 rings (SSSR count). The van der Waals surface area contributed by atoms with E-state index in [0.717, 1.165) is 5.56 Å². The van der Waals surface area contributed by atoms with Gasteiger partial charge in [-0.15, -0.1) is 24.0 Å². The van der Waals surface area contributed by atoms with E-state index in [2.05, 4.69) is 10.3 Å². The lowest BCUT2D eigenvalue weighted by Gasteiger charge is -2.16. The van der Waals surface area contributed by atoms with Gasteiger partial charge in [0.05, 0.1) is 21.3 Å². The summed E-state index contributed by atoms with van der Waals surface area (Å²) in [5.41, 5.74) is 6.49. The highest BCUT2D eigenvalue weighted by molar-refractivity contribution is 14.0. The fraction of sp³-hybridized carbons (Fsp3) is 0.417. The lowest BCUT2D eigenvalue weighted by molar-refractivity contribution is 0.322. The van der Waals surface area contributed by atoms with Crippen LogP contribution in [-0.2, 0) is 6.54 Å². The fourth-order valence-corrected chi connectivity index (χ4v) is 1.57. The number of nitrogens with one attached hydrogen (secondary N) is 1. The molecule has 0 aliphatic heterocycles. The molecular formula is C12H20IN3O3. The first-order chi connectivity index (χ1) is 8.67. The van der Waals surface area contributed by atoms with Gasteiger partial charge in [-0.3, -0.25) is 4.99 Å². The van der Waals surface area contributed by atoms with Gasteiger partial charge >= 0.3 is 0 Å². The average Bonchev–Trinajstić information content (AvgIpc) is 2.43. The number of benzene rings is 1. The number of hydrogen-bond donors (Lipinski definition) is 2. The molecule has 0 radical (unpaired) electrons. The highest BCUT2D eigenvalue weighted by atomic mass is 127. The normalized spacial score (nSPS) is 10.4. The largest absolute Gasteiger partial charge is 0.493 e. The van der Waals surface area contributed by atoms with Gasteiger partial charge in [0.25, 0.3) is 0 Å². The third kappa shape index (κ3) is 4.34. The topological polar surface area (TPSA) is 78.1 Å². The zero-order chi connectivity index (χ0) is 13.5. The van der Waals surface area contributed by atoms with Crippen molar-refractivity contribution in [1.29, 1.82) is 0 Å². The Kier molecular flexibility index (Phi) is 8.05. The Hall–Kier alpha value is -1.38. The van der Waals surface area contributed by atoms with Crippen molar-refractivity contribution < 1.29 is 14.2 Å². The minimum absolute atomic E-state index is 0. The second-order valence-electron chi connectivity index (χ2n) is 3.46. The maximum atomic E-state index is 5.58. The molecule has 0 aliphatic rings. The van der Waals surface area contributed by atoms with E-state index in [4.69, 9.17) is 19.9 Å². The molecule has 0 atom stereocenters. The molecule has 7 heteroatoms. The van der Waals surface area contributed by atoms with E-state index in [0.29, 0.717) is 29.8 Å². The average molecular weight is 381 g/mol. The van der Waals surface area contributed by atoms with E-state index in [-0.39, 0.29) is 24.0 Å². The maximum Gasteiger partial charge on any atom is 0.203 e. The zero-order valence-corrected chi connectivity index (χ0v) is 13.8.